The Morgan fingerprint density at radius 3 is 1.73 bits per heavy atom. The number of fused-ring (bicyclic) bond motifs is 18. The molecule has 4 heteroatoms. The molecular weight excluding hydrogens is 683 g/mol. The highest BCUT2D eigenvalue weighted by atomic mass is 16.3. The lowest BCUT2D eigenvalue weighted by Gasteiger charge is -2.14. The van der Waals surface area contributed by atoms with E-state index in [0.29, 0.717) is 5.95 Å². The van der Waals surface area contributed by atoms with E-state index in [1.807, 2.05) is 12.1 Å². The van der Waals surface area contributed by atoms with E-state index in [4.69, 9.17) is 14.4 Å². The van der Waals surface area contributed by atoms with Crippen molar-refractivity contribution in [2.75, 3.05) is 0 Å². The summed E-state index contributed by atoms with van der Waals surface area (Å²) in [5, 5.41) is 17.5. The first-order valence-electron chi connectivity index (χ1n) is 19.1. The molecule has 0 spiro atoms. The minimum Gasteiger partial charge on any atom is -0.455 e. The molecule has 0 aliphatic rings. The number of benzene rings is 10. The lowest BCUT2D eigenvalue weighted by molar-refractivity contribution is 0.670. The van der Waals surface area contributed by atoms with Gasteiger partial charge >= 0.3 is 0 Å². The molecule has 0 N–H and O–H groups in total. The quantitative estimate of drug-likeness (QED) is 0.168. The minimum absolute atomic E-state index is 0.623. The third-order valence-corrected chi connectivity index (χ3v) is 12.0. The van der Waals surface area contributed by atoms with Crippen LogP contribution in [-0.2, 0) is 0 Å². The number of rotatable bonds is 2. The fourth-order valence-corrected chi connectivity index (χ4v) is 9.56. The van der Waals surface area contributed by atoms with Crippen LogP contribution in [0.4, 0.5) is 0 Å². The van der Waals surface area contributed by atoms with Crippen molar-refractivity contribution >= 4 is 109 Å². The van der Waals surface area contributed by atoms with Gasteiger partial charge in [0.15, 0.2) is 0 Å². The molecule has 0 fully saturated rings. The Kier molecular flexibility index (Phi) is 5.86. The average molecular weight is 712 g/mol. The summed E-state index contributed by atoms with van der Waals surface area (Å²) < 4.78 is 8.98. The summed E-state index contributed by atoms with van der Waals surface area (Å²) in [7, 11) is 0. The molecule has 0 atom stereocenters. The molecule has 56 heavy (non-hydrogen) atoms. The summed E-state index contributed by atoms with van der Waals surface area (Å²) in [6.45, 7) is 0. The number of para-hydroxylation sites is 2. The van der Waals surface area contributed by atoms with Crippen molar-refractivity contribution in [3.63, 3.8) is 0 Å². The second-order valence-electron chi connectivity index (χ2n) is 14.8. The molecule has 0 radical (unpaired) electrons. The van der Waals surface area contributed by atoms with E-state index >= 15 is 0 Å². The third kappa shape index (κ3) is 3.92. The van der Waals surface area contributed by atoms with Gasteiger partial charge in [-0.05, 0) is 62.0 Å². The third-order valence-electron chi connectivity index (χ3n) is 12.0. The smallest absolute Gasteiger partial charge is 0.235 e. The van der Waals surface area contributed by atoms with Crippen LogP contribution in [0.25, 0.3) is 126 Å². The fourth-order valence-electron chi connectivity index (χ4n) is 9.56. The van der Waals surface area contributed by atoms with Crippen molar-refractivity contribution in [3.8, 4) is 17.2 Å². The van der Waals surface area contributed by atoms with Gasteiger partial charge in [-0.15, -0.1) is 0 Å². The maximum atomic E-state index is 6.66. The zero-order chi connectivity index (χ0) is 36.5. The normalized spacial score (nSPS) is 12.3. The summed E-state index contributed by atoms with van der Waals surface area (Å²) in [6.07, 6.45) is 0. The van der Waals surface area contributed by atoms with Crippen molar-refractivity contribution in [1.29, 1.82) is 0 Å². The maximum Gasteiger partial charge on any atom is 0.235 e. The number of hydrogen-bond donors (Lipinski definition) is 0. The molecule has 0 saturated heterocycles. The molecule has 0 unspecified atom stereocenters. The Morgan fingerprint density at radius 1 is 0.375 bits per heavy atom. The molecule has 3 heterocycles. The molecule has 13 aromatic rings. The number of nitrogens with zero attached hydrogens (tertiary/aromatic N) is 3. The summed E-state index contributed by atoms with van der Waals surface area (Å²) in [5.74, 6) is 0.623. The van der Waals surface area contributed by atoms with Crippen LogP contribution in [0.3, 0.4) is 0 Å². The fraction of sp³-hybridized carbons (Fsp3) is 0. The van der Waals surface area contributed by atoms with Crippen molar-refractivity contribution in [1.82, 2.24) is 14.5 Å². The standard InChI is InChI=1S/C52H29N3O/c1-3-14-32-30(12-1)25-27-42-48(32)53-52(54-49(42)43-22-11-21-40-37-19-9-10-23-45(37)56-51(40)43)55-44-29-28-39-36-18-6-5-16-34(36)35-17-7-8-20-38(35)46(39)47(44)41-26-24-31-13-2-4-15-33(31)50(41)55/h1-29H. The lowest BCUT2D eigenvalue weighted by atomic mass is 9.91. The molecular formula is C52H29N3O. The van der Waals surface area contributed by atoms with Crippen molar-refractivity contribution in [2.45, 2.75) is 0 Å². The Hall–Kier alpha value is -7.56. The largest absolute Gasteiger partial charge is 0.455 e. The van der Waals surface area contributed by atoms with Crippen molar-refractivity contribution < 1.29 is 4.42 Å². The summed E-state index contributed by atoms with van der Waals surface area (Å²) in [5.41, 5.74) is 6.53. The van der Waals surface area contributed by atoms with E-state index in [-0.39, 0.29) is 0 Å². The van der Waals surface area contributed by atoms with Gasteiger partial charge in [0.2, 0.25) is 5.95 Å². The lowest BCUT2D eigenvalue weighted by Crippen LogP contribution is -2.04. The van der Waals surface area contributed by atoms with Crippen molar-refractivity contribution in [3.05, 3.63) is 176 Å². The highest BCUT2D eigenvalue weighted by Gasteiger charge is 2.24. The second kappa shape index (κ2) is 11.0. The highest BCUT2D eigenvalue weighted by Crippen LogP contribution is 2.46. The van der Waals surface area contributed by atoms with E-state index in [1.54, 1.807) is 0 Å². The van der Waals surface area contributed by atoms with Gasteiger partial charge in [-0.3, -0.25) is 4.57 Å². The number of aromatic nitrogens is 3. The monoisotopic (exact) mass is 711 g/mol. The molecule has 4 nitrogen and oxygen atoms in total. The van der Waals surface area contributed by atoms with Gasteiger partial charge in [0.1, 0.15) is 11.2 Å². The molecule has 0 aliphatic carbocycles. The molecule has 3 aromatic heterocycles. The van der Waals surface area contributed by atoms with Gasteiger partial charge in [0.25, 0.3) is 0 Å². The van der Waals surface area contributed by atoms with Crippen LogP contribution in [0.2, 0.25) is 0 Å². The van der Waals surface area contributed by atoms with E-state index < -0.39 is 0 Å². The molecule has 0 bridgehead atoms. The molecule has 0 saturated carbocycles. The van der Waals surface area contributed by atoms with Gasteiger partial charge in [-0.25, -0.2) is 9.97 Å². The van der Waals surface area contributed by atoms with Crippen LogP contribution in [0, 0.1) is 0 Å². The first-order chi connectivity index (χ1) is 27.8. The predicted molar refractivity (Wildman–Crippen MR) is 234 cm³/mol. The minimum atomic E-state index is 0.623. The maximum absolute atomic E-state index is 6.66. The second-order valence-corrected chi connectivity index (χ2v) is 14.8. The molecule has 0 amide bonds. The molecule has 10 aromatic carbocycles. The van der Waals surface area contributed by atoms with E-state index in [2.05, 4.69) is 168 Å². The van der Waals surface area contributed by atoms with Gasteiger partial charge in [0, 0.05) is 48.7 Å². The average Bonchev–Trinajstić information content (AvgIpc) is 3.82. The summed E-state index contributed by atoms with van der Waals surface area (Å²) >= 11 is 0. The van der Waals surface area contributed by atoms with Gasteiger partial charge in [-0.2, -0.15) is 0 Å². The Bertz CT molecular complexity index is 3800. The van der Waals surface area contributed by atoms with Crippen LogP contribution >= 0.6 is 0 Å². The summed E-state index contributed by atoms with van der Waals surface area (Å²) in [6, 6.07) is 63.0. The SMILES string of the molecule is c1ccc2c(c1)ccc1c(-c3cccc4c3oc3ccccc34)nc(-n3c4ccc5c6ccccc6c6ccccc6c5c4c4ccc5ccccc5c43)nc12. The Morgan fingerprint density at radius 2 is 0.946 bits per heavy atom. The van der Waals surface area contributed by atoms with Crippen LogP contribution in [0.15, 0.2) is 180 Å². The van der Waals surface area contributed by atoms with Crippen molar-refractivity contribution in [2.24, 2.45) is 0 Å². The van der Waals surface area contributed by atoms with Gasteiger partial charge in [0.05, 0.1) is 22.2 Å². The zero-order valence-electron chi connectivity index (χ0n) is 30.0. The van der Waals surface area contributed by atoms with Crippen LogP contribution < -0.4 is 0 Å². The summed E-state index contributed by atoms with van der Waals surface area (Å²) in [4.78, 5) is 11.2. The number of hydrogen-bond acceptors (Lipinski definition) is 3. The zero-order valence-corrected chi connectivity index (χ0v) is 30.0. The first-order valence-corrected chi connectivity index (χ1v) is 19.1. The topological polar surface area (TPSA) is 43.9 Å². The molecule has 258 valence electrons. The molecule has 13 rings (SSSR count). The van der Waals surface area contributed by atoms with Crippen LogP contribution in [0.5, 0.6) is 0 Å². The van der Waals surface area contributed by atoms with Crippen LogP contribution in [0.1, 0.15) is 0 Å². The Balaban J connectivity index is 1.25. The Labute approximate surface area is 319 Å². The van der Waals surface area contributed by atoms with Gasteiger partial charge < -0.3 is 4.42 Å². The van der Waals surface area contributed by atoms with E-state index in [0.717, 1.165) is 71.3 Å². The van der Waals surface area contributed by atoms with E-state index in [1.165, 1.54) is 48.5 Å². The first kappa shape index (κ1) is 29.8. The number of furan rings is 1. The van der Waals surface area contributed by atoms with Gasteiger partial charge in [-0.1, -0.05) is 152 Å². The molecule has 0 aliphatic heterocycles. The van der Waals surface area contributed by atoms with Crippen LogP contribution in [-0.4, -0.2) is 14.5 Å². The highest BCUT2D eigenvalue weighted by molar-refractivity contribution is 6.36. The van der Waals surface area contributed by atoms with E-state index in [9.17, 15) is 0 Å². The predicted octanol–water partition coefficient (Wildman–Crippen LogP) is 14.1.